The molecule has 0 spiro atoms. The minimum atomic E-state index is -0.829. The molecule has 0 atom stereocenters. The maximum atomic E-state index is 10.7. The van der Waals surface area contributed by atoms with Gasteiger partial charge in [-0.2, -0.15) is 0 Å². The van der Waals surface area contributed by atoms with Gasteiger partial charge in [-0.3, -0.25) is 0 Å². The third-order valence-corrected chi connectivity index (χ3v) is 3.32. The van der Waals surface area contributed by atoms with E-state index in [2.05, 4.69) is 9.88 Å². The van der Waals surface area contributed by atoms with Gasteiger partial charge in [0.15, 0.2) is 0 Å². The summed E-state index contributed by atoms with van der Waals surface area (Å²) >= 11 is 0. The molecular weight excluding hydrogens is 230 g/mol. The van der Waals surface area contributed by atoms with E-state index < -0.39 is 5.60 Å². The van der Waals surface area contributed by atoms with Crippen molar-refractivity contribution in [2.75, 3.05) is 33.0 Å². The summed E-state index contributed by atoms with van der Waals surface area (Å²) in [5.41, 5.74) is 6.83. The van der Waals surface area contributed by atoms with Gasteiger partial charge in [-0.15, -0.1) is 0 Å². The maximum absolute atomic E-state index is 10.7. The summed E-state index contributed by atoms with van der Waals surface area (Å²) in [5, 5.41) is 10.7. The van der Waals surface area contributed by atoms with Gasteiger partial charge in [0, 0.05) is 44.4 Å². The van der Waals surface area contributed by atoms with Crippen LogP contribution in [0.1, 0.15) is 24.0 Å². The first-order valence-electron chi connectivity index (χ1n) is 6.21. The predicted molar refractivity (Wildman–Crippen MR) is 70.0 cm³/mol. The second kappa shape index (κ2) is 5.22. The van der Waals surface area contributed by atoms with E-state index in [1.165, 1.54) is 0 Å². The van der Waals surface area contributed by atoms with Crippen LogP contribution in [0.5, 0.6) is 0 Å². The van der Waals surface area contributed by atoms with Crippen LogP contribution in [0.25, 0.3) is 0 Å². The number of anilines is 1. The number of ether oxygens (including phenoxy) is 1. The van der Waals surface area contributed by atoms with Gasteiger partial charge in [0.2, 0.25) is 0 Å². The monoisotopic (exact) mass is 251 g/mol. The molecule has 1 aliphatic rings. The summed E-state index contributed by atoms with van der Waals surface area (Å²) in [6.07, 6.45) is 2.93. The highest BCUT2D eigenvalue weighted by atomic mass is 16.5. The molecular formula is C13H21N3O2. The van der Waals surface area contributed by atoms with Gasteiger partial charge in [-0.05, 0) is 25.7 Å². The molecule has 5 heteroatoms. The van der Waals surface area contributed by atoms with Crippen LogP contribution in [0.4, 0.5) is 5.82 Å². The molecule has 3 N–H and O–H groups in total. The normalized spacial score (nSPS) is 19.1. The molecule has 1 aromatic heterocycles. The Bertz CT molecular complexity index is 415. The van der Waals surface area contributed by atoms with Gasteiger partial charge in [-0.25, -0.2) is 4.98 Å². The van der Waals surface area contributed by atoms with Crippen molar-refractivity contribution in [3.63, 3.8) is 0 Å². The molecule has 0 saturated carbocycles. The zero-order valence-electron chi connectivity index (χ0n) is 11.0. The Morgan fingerprint density at radius 3 is 2.72 bits per heavy atom. The third kappa shape index (κ3) is 2.80. The fourth-order valence-corrected chi connectivity index (χ4v) is 2.38. The SMILES string of the molecule is CN(C)Cc1cc(N)ncc1C1(O)CCOCC1. The molecule has 1 aliphatic heterocycles. The highest BCUT2D eigenvalue weighted by Crippen LogP contribution is 2.34. The van der Waals surface area contributed by atoms with E-state index >= 15 is 0 Å². The molecule has 0 radical (unpaired) electrons. The molecule has 2 heterocycles. The lowest BCUT2D eigenvalue weighted by molar-refractivity contribution is -0.0687. The summed E-state index contributed by atoms with van der Waals surface area (Å²) in [5.74, 6) is 0.492. The van der Waals surface area contributed by atoms with Crippen LogP contribution in [-0.2, 0) is 16.9 Å². The van der Waals surface area contributed by atoms with E-state index in [-0.39, 0.29) is 0 Å². The predicted octanol–water partition coefficient (Wildman–Crippen LogP) is 0.723. The minimum Gasteiger partial charge on any atom is -0.385 e. The van der Waals surface area contributed by atoms with Gasteiger partial charge in [0.05, 0.1) is 5.60 Å². The van der Waals surface area contributed by atoms with Crippen molar-refractivity contribution >= 4 is 5.82 Å². The van der Waals surface area contributed by atoms with Gasteiger partial charge in [0.1, 0.15) is 5.82 Å². The summed E-state index contributed by atoms with van der Waals surface area (Å²) in [7, 11) is 3.99. The van der Waals surface area contributed by atoms with Crippen molar-refractivity contribution in [2.45, 2.75) is 25.0 Å². The summed E-state index contributed by atoms with van der Waals surface area (Å²) in [6.45, 7) is 1.91. The van der Waals surface area contributed by atoms with Crippen LogP contribution in [0, 0.1) is 0 Å². The Labute approximate surface area is 108 Å². The number of aromatic nitrogens is 1. The minimum absolute atomic E-state index is 0.492. The lowest BCUT2D eigenvalue weighted by Gasteiger charge is -2.34. The van der Waals surface area contributed by atoms with E-state index in [9.17, 15) is 5.11 Å². The molecule has 2 rings (SSSR count). The average Bonchev–Trinajstić information content (AvgIpc) is 2.28. The van der Waals surface area contributed by atoms with Gasteiger partial charge in [-0.1, -0.05) is 0 Å². The molecule has 0 aliphatic carbocycles. The van der Waals surface area contributed by atoms with Crippen molar-refractivity contribution in [1.29, 1.82) is 0 Å². The van der Waals surface area contributed by atoms with Crippen LogP contribution >= 0.6 is 0 Å². The van der Waals surface area contributed by atoms with Crippen molar-refractivity contribution in [3.8, 4) is 0 Å². The largest absolute Gasteiger partial charge is 0.385 e. The van der Waals surface area contributed by atoms with Crippen LogP contribution in [0.3, 0.4) is 0 Å². The number of nitrogens with two attached hydrogens (primary N) is 1. The summed E-state index contributed by atoms with van der Waals surface area (Å²) < 4.78 is 5.32. The lowest BCUT2D eigenvalue weighted by atomic mass is 9.84. The third-order valence-electron chi connectivity index (χ3n) is 3.32. The number of nitrogens with zero attached hydrogens (tertiary/aromatic N) is 2. The summed E-state index contributed by atoms with van der Waals surface area (Å²) in [6, 6.07) is 1.85. The second-order valence-electron chi connectivity index (χ2n) is 5.15. The first-order valence-corrected chi connectivity index (χ1v) is 6.21. The number of hydrogen-bond donors (Lipinski definition) is 2. The van der Waals surface area contributed by atoms with Crippen molar-refractivity contribution in [2.24, 2.45) is 0 Å². The zero-order valence-corrected chi connectivity index (χ0v) is 11.0. The molecule has 0 aromatic carbocycles. The van der Waals surface area contributed by atoms with Crippen molar-refractivity contribution in [1.82, 2.24) is 9.88 Å². The van der Waals surface area contributed by atoms with E-state index in [1.807, 2.05) is 20.2 Å². The van der Waals surface area contributed by atoms with E-state index in [4.69, 9.17) is 10.5 Å². The van der Waals surface area contributed by atoms with Crippen LogP contribution in [0.2, 0.25) is 0 Å². The zero-order chi connectivity index (χ0) is 13.2. The first kappa shape index (κ1) is 13.3. The van der Waals surface area contributed by atoms with E-state index in [0.29, 0.717) is 31.9 Å². The fourth-order valence-electron chi connectivity index (χ4n) is 2.38. The Balaban J connectivity index is 2.35. The van der Waals surface area contributed by atoms with Crippen LogP contribution in [-0.4, -0.2) is 42.3 Å². The number of aliphatic hydroxyl groups is 1. The number of nitrogen functional groups attached to an aromatic ring is 1. The summed E-state index contributed by atoms with van der Waals surface area (Å²) in [4.78, 5) is 6.18. The number of rotatable bonds is 3. The van der Waals surface area contributed by atoms with E-state index in [1.54, 1.807) is 6.20 Å². The molecule has 1 aromatic rings. The Morgan fingerprint density at radius 1 is 1.44 bits per heavy atom. The number of hydrogen-bond acceptors (Lipinski definition) is 5. The standard InChI is InChI=1S/C13H21N3O2/c1-16(2)9-10-7-12(14)15-8-11(10)13(17)3-5-18-6-4-13/h7-8,17H,3-6,9H2,1-2H3,(H2,14,15). The average molecular weight is 251 g/mol. The highest BCUT2D eigenvalue weighted by molar-refractivity contribution is 5.40. The molecule has 5 nitrogen and oxygen atoms in total. The molecule has 0 unspecified atom stereocenters. The van der Waals surface area contributed by atoms with E-state index in [0.717, 1.165) is 17.7 Å². The van der Waals surface area contributed by atoms with Crippen molar-refractivity contribution < 1.29 is 9.84 Å². The fraction of sp³-hybridized carbons (Fsp3) is 0.615. The highest BCUT2D eigenvalue weighted by Gasteiger charge is 2.34. The van der Waals surface area contributed by atoms with Crippen molar-refractivity contribution in [3.05, 3.63) is 23.4 Å². The molecule has 0 bridgehead atoms. The molecule has 100 valence electrons. The molecule has 0 amide bonds. The smallest absolute Gasteiger partial charge is 0.123 e. The van der Waals surface area contributed by atoms with Gasteiger partial charge >= 0.3 is 0 Å². The topological polar surface area (TPSA) is 71.6 Å². The quantitative estimate of drug-likeness (QED) is 0.828. The second-order valence-corrected chi connectivity index (χ2v) is 5.15. The van der Waals surface area contributed by atoms with Crippen LogP contribution < -0.4 is 5.73 Å². The number of pyridine rings is 1. The Kier molecular flexibility index (Phi) is 3.85. The molecule has 1 saturated heterocycles. The maximum Gasteiger partial charge on any atom is 0.123 e. The Morgan fingerprint density at radius 2 is 2.11 bits per heavy atom. The first-order chi connectivity index (χ1) is 8.51. The van der Waals surface area contributed by atoms with Gasteiger partial charge < -0.3 is 20.5 Å². The van der Waals surface area contributed by atoms with Crippen LogP contribution in [0.15, 0.2) is 12.3 Å². The van der Waals surface area contributed by atoms with Gasteiger partial charge in [0.25, 0.3) is 0 Å². The Hall–Kier alpha value is -1.17. The molecule has 1 fully saturated rings. The molecule has 18 heavy (non-hydrogen) atoms. The lowest BCUT2D eigenvalue weighted by Crippen LogP contribution is -2.35.